The molecule has 0 radical (unpaired) electrons. The van der Waals surface area contributed by atoms with Crippen molar-refractivity contribution in [2.45, 2.75) is 116 Å². The zero-order chi connectivity index (χ0) is 48.9. The minimum atomic E-state index is -4.36. The van der Waals surface area contributed by atoms with Crippen molar-refractivity contribution in [2.75, 3.05) is 0 Å². The number of oxime groups is 2. The van der Waals surface area contributed by atoms with Gasteiger partial charge in [0.25, 0.3) is 0 Å². The molecule has 0 saturated heterocycles. The Morgan fingerprint density at radius 1 is 0.632 bits per heavy atom. The number of nitrogens with zero attached hydrogens (tertiary/aromatic N) is 6. The van der Waals surface area contributed by atoms with Crippen LogP contribution in [0.15, 0.2) is 95.8 Å². The van der Waals surface area contributed by atoms with Gasteiger partial charge in [0.1, 0.15) is 34.4 Å². The highest BCUT2D eigenvalue weighted by Crippen LogP contribution is 2.36. The summed E-state index contributed by atoms with van der Waals surface area (Å²) in [6.45, 7) is 7.49. The number of Topliss-reactive ketones (excluding diaryl/α,β-unsaturated/α-hetero) is 2. The quantitative estimate of drug-likeness (QED) is 0.0374. The minimum absolute atomic E-state index is 0.114. The summed E-state index contributed by atoms with van der Waals surface area (Å²) in [5, 5.41) is 25.7. The molecular formula is C50H52F6N6O6. The molecule has 18 heteroatoms. The topological polar surface area (TPSA) is 152 Å². The van der Waals surface area contributed by atoms with Gasteiger partial charge in [0.05, 0.1) is 60.3 Å². The first-order valence-corrected chi connectivity index (χ1v) is 22.4. The van der Waals surface area contributed by atoms with Crippen molar-refractivity contribution in [3.05, 3.63) is 108 Å². The first kappa shape index (κ1) is 49.2. The minimum Gasteiger partial charge on any atom is -0.491 e. The third-order valence-electron chi connectivity index (χ3n) is 11.2. The van der Waals surface area contributed by atoms with Crippen LogP contribution in [0.2, 0.25) is 0 Å². The highest BCUT2D eigenvalue weighted by Gasteiger charge is 2.32. The highest BCUT2D eigenvalue weighted by atomic mass is 19.4. The van der Waals surface area contributed by atoms with E-state index in [-0.39, 0.29) is 36.9 Å². The molecule has 2 N–H and O–H groups in total. The third-order valence-corrected chi connectivity index (χ3v) is 11.2. The average molecular weight is 947 g/mol. The summed E-state index contributed by atoms with van der Waals surface area (Å²) >= 11 is 0. The number of alkyl halides is 6. The van der Waals surface area contributed by atoms with Crippen molar-refractivity contribution in [3.63, 3.8) is 0 Å². The van der Waals surface area contributed by atoms with Crippen LogP contribution in [0.25, 0.3) is 33.8 Å². The molecular weight excluding hydrogens is 895 g/mol. The van der Waals surface area contributed by atoms with E-state index in [0.29, 0.717) is 45.3 Å². The molecule has 6 aromatic rings. The molecule has 4 heterocycles. The molecule has 2 aliphatic rings. The van der Waals surface area contributed by atoms with Crippen LogP contribution in [0.3, 0.4) is 0 Å². The molecule has 0 amide bonds. The fraction of sp³-hybridized carbons (Fsp3) is 0.400. The van der Waals surface area contributed by atoms with Crippen LogP contribution in [-0.2, 0) is 22.4 Å². The van der Waals surface area contributed by atoms with Crippen molar-refractivity contribution in [3.8, 4) is 34.0 Å². The molecule has 2 saturated carbocycles. The summed E-state index contributed by atoms with van der Waals surface area (Å²) in [5.74, 6) is 0.628. The Morgan fingerprint density at radius 3 is 1.34 bits per heavy atom. The molecule has 0 aliphatic heterocycles. The zero-order valence-electron chi connectivity index (χ0n) is 37.9. The van der Waals surface area contributed by atoms with E-state index in [0.717, 1.165) is 59.3 Å². The first-order valence-electron chi connectivity index (χ1n) is 22.4. The van der Waals surface area contributed by atoms with E-state index in [1.165, 1.54) is 0 Å². The Hall–Kier alpha value is -6.72. The number of carbonyl (C=O) groups excluding carboxylic acids is 2. The number of hydrogen-bond acceptors (Lipinski definition) is 10. The molecule has 0 unspecified atom stereocenters. The lowest BCUT2D eigenvalue weighted by molar-refractivity contribution is -0.143. The molecule has 2 aromatic carbocycles. The first-order chi connectivity index (χ1) is 32.2. The number of imidazole rings is 2. The molecule has 0 spiro atoms. The molecule has 0 bridgehead atoms. The molecule has 68 heavy (non-hydrogen) atoms. The van der Waals surface area contributed by atoms with E-state index in [9.17, 15) is 46.3 Å². The average Bonchev–Trinajstić information content (AvgIpc) is 4.19. The number of hydrogen-bond donors (Lipinski definition) is 2. The summed E-state index contributed by atoms with van der Waals surface area (Å²) in [4.78, 5) is 33.4. The number of aromatic nitrogens is 4. The molecule has 4 aromatic heterocycles. The van der Waals surface area contributed by atoms with Crippen LogP contribution >= 0.6 is 0 Å². The summed E-state index contributed by atoms with van der Waals surface area (Å²) in [7, 11) is 0. The maximum atomic E-state index is 12.5. The van der Waals surface area contributed by atoms with E-state index < -0.39 is 49.6 Å². The monoisotopic (exact) mass is 946 g/mol. The van der Waals surface area contributed by atoms with Crippen LogP contribution in [0.4, 0.5) is 26.3 Å². The Balaban J connectivity index is 0.000000201. The lowest BCUT2D eigenvalue weighted by atomic mass is 10.0. The van der Waals surface area contributed by atoms with Gasteiger partial charge in [0.15, 0.2) is 0 Å². The van der Waals surface area contributed by atoms with Crippen molar-refractivity contribution >= 4 is 34.3 Å². The number of ether oxygens (including phenoxy) is 2. The number of benzene rings is 2. The van der Waals surface area contributed by atoms with E-state index in [1.54, 1.807) is 36.7 Å². The predicted octanol–water partition coefficient (Wildman–Crippen LogP) is 11.7. The molecule has 12 nitrogen and oxygen atoms in total. The van der Waals surface area contributed by atoms with Crippen LogP contribution in [0, 0.1) is 11.8 Å². The number of halogens is 6. The Labute approximate surface area is 388 Å². The van der Waals surface area contributed by atoms with E-state index in [4.69, 9.17) is 9.47 Å². The van der Waals surface area contributed by atoms with Crippen molar-refractivity contribution in [1.82, 2.24) is 18.8 Å². The number of rotatable bonds is 18. The van der Waals surface area contributed by atoms with Gasteiger partial charge in [-0.15, -0.1) is 0 Å². The number of carbonyl (C=O) groups is 2. The van der Waals surface area contributed by atoms with Gasteiger partial charge in [0, 0.05) is 72.2 Å². The maximum Gasteiger partial charge on any atom is 0.389 e. The number of fused-ring (bicyclic) bond motifs is 2. The van der Waals surface area contributed by atoms with Crippen LogP contribution < -0.4 is 9.47 Å². The second-order valence-electron chi connectivity index (χ2n) is 17.8. The van der Waals surface area contributed by atoms with E-state index in [2.05, 4.69) is 20.3 Å². The summed E-state index contributed by atoms with van der Waals surface area (Å²) < 4.78 is 90.4. The Bertz CT molecular complexity index is 2650. The molecule has 360 valence electrons. The van der Waals surface area contributed by atoms with Gasteiger partial charge in [-0.25, -0.2) is 9.97 Å². The Kier molecular flexibility index (Phi) is 14.9. The van der Waals surface area contributed by atoms with Gasteiger partial charge in [-0.05, 0) is 125 Å². The van der Waals surface area contributed by atoms with Crippen LogP contribution in [-0.4, -0.2) is 76.7 Å². The van der Waals surface area contributed by atoms with E-state index in [1.807, 2.05) is 85.3 Å². The molecule has 8 rings (SSSR count). The second-order valence-corrected chi connectivity index (χ2v) is 17.8. The van der Waals surface area contributed by atoms with Crippen molar-refractivity contribution in [2.24, 2.45) is 22.1 Å². The SMILES string of the molecule is CC(C)Oc1cc(CC(=O)CCC(F)(F)F)cc(-c2cnc3cc(/C(=N/O)C4CC4)ccn23)c1.CC(C)Oc1cc(CC(=O)CCC(F)(F)F)cc(-c2cnc3cc(C(=NO)C4CC4)ccn23)c1. The van der Waals surface area contributed by atoms with Gasteiger partial charge in [0.2, 0.25) is 0 Å². The van der Waals surface area contributed by atoms with Crippen LogP contribution in [0.1, 0.15) is 101 Å². The number of ketones is 2. The standard InChI is InChI=1S/2C25H26F3N3O3/c2*1-15(2)34-21-11-16(10-20(32)5-7-25(26,27)28)9-19(12-21)22-14-29-23-13-18(6-8-31(22)23)24(30-33)17-3-4-17/h2*6,8-9,11-15,17,33H,3-5,7,10H2,1-2H3/b30-24+;. The van der Waals surface area contributed by atoms with Gasteiger partial charge < -0.3 is 19.9 Å². The van der Waals surface area contributed by atoms with Crippen LogP contribution in [0.5, 0.6) is 11.5 Å². The fourth-order valence-corrected chi connectivity index (χ4v) is 7.87. The lowest BCUT2D eigenvalue weighted by Gasteiger charge is -2.14. The highest BCUT2D eigenvalue weighted by molar-refractivity contribution is 6.04. The third kappa shape index (κ3) is 13.2. The molecule has 2 aliphatic carbocycles. The molecule has 0 atom stereocenters. The lowest BCUT2D eigenvalue weighted by Crippen LogP contribution is -2.12. The van der Waals surface area contributed by atoms with Crippen molar-refractivity contribution < 1.29 is 55.8 Å². The van der Waals surface area contributed by atoms with E-state index >= 15 is 0 Å². The van der Waals surface area contributed by atoms with Gasteiger partial charge >= 0.3 is 12.4 Å². The number of pyridine rings is 2. The second kappa shape index (κ2) is 20.7. The molecule has 2 fully saturated rings. The summed E-state index contributed by atoms with van der Waals surface area (Å²) in [5.41, 5.74) is 8.35. The van der Waals surface area contributed by atoms with Gasteiger partial charge in [-0.1, -0.05) is 10.3 Å². The Morgan fingerprint density at radius 2 is 1.01 bits per heavy atom. The normalized spacial score (nSPS) is 14.7. The van der Waals surface area contributed by atoms with Crippen molar-refractivity contribution in [1.29, 1.82) is 0 Å². The summed E-state index contributed by atoms with van der Waals surface area (Å²) in [6, 6.07) is 18.0. The predicted molar refractivity (Wildman–Crippen MR) is 243 cm³/mol. The zero-order valence-corrected chi connectivity index (χ0v) is 37.9. The smallest absolute Gasteiger partial charge is 0.389 e. The fourth-order valence-electron chi connectivity index (χ4n) is 7.87. The summed E-state index contributed by atoms with van der Waals surface area (Å²) in [6.07, 6.45) is -1.51. The van der Waals surface area contributed by atoms with Gasteiger partial charge in [-0.2, -0.15) is 26.3 Å². The maximum absolute atomic E-state index is 12.5. The van der Waals surface area contributed by atoms with Gasteiger partial charge in [-0.3, -0.25) is 18.4 Å². The largest absolute Gasteiger partial charge is 0.491 e.